The van der Waals surface area contributed by atoms with E-state index in [9.17, 15) is 0 Å². The summed E-state index contributed by atoms with van der Waals surface area (Å²) >= 11 is 12.5. The number of rotatable bonds is 5. The Kier molecular flexibility index (Phi) is 5.52. The Hall–Kier alpha value is -2.55. The average molecular weight is 407 g/mol. The van der Waals surface area contributed by atoms with E-state index in [1.54, 1.807) is 6.07 Å². The molecule has 140 valence electrons. The molecule has 0 N–H and O–H groups in total. The topological polar surface area (TPSA) is 17.8 Å². The van der Waals surface area contributed by atoms with Gasteiger partial charge in [0.25, 0.3) is 0 Å². The maximum Gasteiger partial charge on any atom is 0.121 e. The summed E-state index contributed by atoms with van der Waals surface area (Å²) in [6, 6.07) is 26.7. The largest absolute Gasteiger partial charge is 0.327 e. The molecule has 1 heterocycles. The molecule has 1 unspecified atom stereocenters. The monoisotopic (exact) mass is 406 g/mol. The molecule has 0 fully saturated rings. The Balaban J connectivity index is 1.83. The van der Waals surface area contributed by atoms with E-state index in [2.05, 4.69) is 60.0 Å². The van der Waals surface area contributed by atoms with Crippen molar-refractivity contribution in [1.29, 1.82) is 0 Å². The summed E-state index contributed by atoms with van der Waals surface area (Å²) in [5.74, 6) is 1.02. The molecule has 4 heteroatoms. The lowest BCUT2D eigenvalue weighted by molar-refractivity contribution is 0.594. The average Bonchev–Trinajstić information content (AvgIpc) is 3.18. The molecule has 0 spiro atoms. The van der Waals surface area contributed by atoms with Crippen molar-refractivity contribution in [1.82, 2.24) is 9.55 Å². The van der Waals surface area contributed by atoms with Gasteiger partial charge in [-0.1, -0.05) is 83.9 Å². The van der Waals surface area contributed by atoms with Gasteiger partial charge in [-0.25, -0.2) is 4.98 Å². The molecule has 0 aliphatic carbocycles. The van der Waals surface area contributed by atoms with Gasteiger partial charge in [-0.3, -0.25) is 0 Å². The van der Waals surface area contributed by atoms with E-state index in [-0.39, 0.29) is 12.0 Å². The van der Waals surface area contributed by atoms with Gasteiger partial charge >= 0.3 is 0 Å². The number of hydrogen-bond donors (Lipinski definition) is 0. The molecular weight excluding hydrogens is 387 g/mol. The summed E-state index contributed by atoms with van der Waals surface area (Å²) in [5, 5.41) is 1.28. The lowest BCUT2D eigenvalue weighted by Crippen LogP contribution is -2.15. The second-order valence-corrected chi connectivity index (χ2v) is 7.70. The zero-order valence-electron chi connectivity index (χ0n) is 15.5. The van der Waals surface area contributed by atoms with Gasteiger partial charge in [-0.15, -0.1) is 0 Å². The van der Waals surface area contributed by atoms with Gasteiger partial charge in [0, 0.05) is 22.4 Å². The van der Waals surface area contributed by atoms with Crippen LogP contribution in [0.25, 0.3) is 0 Å². The van der Waals surface area contributed by atoms with Crippen molar-refractivity contribution < 1.29 is 0 Å². The molecular formula is C24H20Cl2N2. The van der Waals surface area contributed by atoms with Crippen LogP contribution in [0.4, 0.5) is 0 Å². The second-order valence-electron chi connectivity index (χ2n) is 6.83. The van der Waals surface area contributed by atoms with Gasteiger partial charge in [0.15, 0.2) is 0 Å². The third kappa shape index (κ3) is 3.84. The first kappa shape index (κ1) is 18.8. The normalized spacial score (nSPS) is 12.3. The van der Waals surface area contributed by atoms with E-state index in [1.807, 2.05) is 36.7 Å². The molecule has 0 radical (unpaired) electrons. The van der Waals surface area contributed by atoms with Gasteiger partial charge in [0.1, 0.15) is 5.82 Å². The predicted molar refractivity (Wildman–Crippen MR) is 116 cm³/mol. The van der Waals surface area contributed by atoms with E-state index < -0.39 is 0 Å². The number of hydrogen-bond acceptors (Lipinski definition) is 1. The summed E-state index contributed by atoms with van der Waals surface area (Å²) < 4.78 is 2.20. The highest BCUT2D eigenvalue weighted by Crippen LogP contribution is 2.34. The minimum absolute atomic E-state index is 0.0366. The number of nitrogens with zero attached hydrogens (tertiary/aromatic N) is 2. The molecule has 0 aliphatic heterocycles. The van der Waals surface area contributed by atoms with E-state index in [4.69, 9.17) is 28.2 Å². The fourth-order valence-corrected chi connectivity index (χ4v) is 4.18. The van der Waals surface area contributed by atoms with Gasteiger partial charge in [-0.2, -0.15) is 0 Å². The standard InChI is InChI=1S/C24H20Cl2N2/c1-17(20-14-21(25)16-22(26)15-20)28-13-12-27-24(28)23(18-8-4-2-5-9-18)19-10-6-3-7-11-19/h2-17,23H,1H3. The maximum absolute atomic E-state index is 6.24. The SMILES string of the molecule is CC(c1cc(Cl)cc(Cl)c1)n1ccnc1C(c1ccccc1)c1ccccc1. The van der Waals surface area contributed by atoms with Gasteiger partial charge in [-0.05, 0) is 41.8 Å². The van der Waals surface area contributed by atoms with Crippen molar-refractivity contribution in [3.63, 3.8) is 0 Å². The fraction of sp³-hybridized carbons (Fsp3) is 0.125. The van der Waals surface area contributed by atoms with E-state index in [0.717, 1.165) is 11.4 Å². The summed E-state index contributed by atoms with van der Waals surface area (Å²) in [6.45, 7) is 2.14. The maximum atomic E-state index is 6.24. The van der Waals surface area contributed by atoms with Crippen molar-refractivity contribution in [2.45, 2.75) is 18.9 Å². The molecule has 0 saturated carbocycles. The fourth-order valence-electron chi connectivity index (χ4n) is 3.63. The molecule has 28 heavy (non-hydrogen) atoms. The molecule has 0 saturated heterocycles. The Labute approximate surface area is 175 Å². The van der Waals surface area contributed by atoms with Gasteiger partial charge in [0.05, 0.1) is 12.0 Å². The summed E-state index contributed by atoms with van der Waals surface area (Å²) in [6.07, 6.45) is 3.88. The first-order chi connectivity index (χ1) is 13.6. The molecule has 2 nitrogen and oxygen atoms in total. The van der Waals surface area contributed by atoms with Crippen LogP contribution in [0.5, 0.6) is 0 Å². The van der Waals surface area contributed by atoms with Crippen LogP contribution in [0.15, 0.2) is 91.3 Å². The summed E-state index contributed by atoms with van der Waals surface area (Å²) in [5.41, 5.74) is 3.46. The van der Waals surface area contributed by atoms with Crippen LogP contribution in [0, 0.1) is 0 Å². The van der Waals surface area contributed by atoms with Gasteiger partial charge in [0.2, 0.25) is 0 Å². The molecule has 4 aromatic rings. The molecule has 0 bridgehead atoms. The van der Waals surface area contributed by atoms with Crippen LogP contribution in [0.3, 0.4) is 0 Å². The van der Waals surface area contributed by atoms with Crippen molar-refractivity contribution in [3.8, 4) is 0 Å². The van der Waals surface area contributed by atoms with Crippen molar-refractivity contribution >= 4 is 23.2 Å². The van der Waals surface area contributed by atoms with E-state index in [1.165, 1.54) is 11.1 Å². The molecule has 1 aromatic heterocycles. The number of halogens is 2. The smallest absolute Gasteiger partial charge is 0.121 e. The zero-order chi connectivity index (χ0) is 19.5. The van der Waals surface area contributed by atoms with Crippen molar-refractivity contribution in [2.75, 3.05) is 0 Å². The molecule has 3 aromatic carbocycles. The lowest BCUT2D eigenvalue weighted by atomic mass is 9.90. The van der Waals surface area contributed by atoms with Crippen LogP contribution in [0.2, 0.25) is 10.0 Å². The first-order valence-corrected chi connectivity index (χ1v) is 9.97. The highest BCUT2D eigenvalue weighted by molar-refractivity contribution is 6.34. The summed E-state index contributed by atoms with van der Waals surface area (Å²) in [4.78, 5) is 4.76. The van der Waals surface area contributed by atoms with Crippen molar-refractivity contribution in [2.24, 2.45) is 0 Å². The number of benzene rings is 3. The van der Waals surface area contributed by atoms with E-state index in [0.29, 0.717) is 10.0 Å². The van der Waals surface area contributed by atoms with Crippen LogP contribution in [-0.2, 0) is 0 Å². The van der Waals surface area contributed by atoms with Crippen molar-refractivity contribution in [3.05, 3.63) is 124 Å². The van der Waals surface area contributed by atoms with E-state index >= 15 is 0 Å². The van der Waals surface area contributed by atoms with Crippen LogP contribution >= 0.6 is 23.2 Å². The minimum atomic E-state index is 0.0366. The molecule has 0 amide bonds. The van der Waals surface area contributed by atoms with Crippen LogP contribution < -0.4 is 0 Å². The minimum Gasteiger partial charge on any atom is -0.327 e. The Morgan fingerprint density at radius 1 is 0.750 bits per heavy atom. The van der Waals surface area contributed by atoms with Crippen LogP contribution in [-0.4, -0.2) is 9.55 Å². The highest BCUT2D eigenvalue weighted by Gasteiger charge is 2.23. The molecule has 1 atom stereocenters. The quantitative estimate of drug-likeness (QED) is 0.349. The Bertz CT molecular complexity index is 999. The highest BCUT2D eigenvalue weighted by atomic mass is 35.5. The molecule has 0 aliphatic rings. The third-order valence-electron chi connectivity index (χ3n) is 5.01. The third-order valence-corrected chi connectivity index (χ3v) is 5.44. The zero-order valence-corrected chi connectivity index (χ0v) is 17.0. The molecule has 4 rings (SSSR count). The summed E-state index contributed by atoms with van der Waals surface area (Å²) in [7, 11) is 0. The second kappa shape index (κ2) is 8.22. The first-order valence-electron chi connectivity index (χ1n) is 9.22. The Morgan fingerprint density at radius 3 is 1.82 bits per heavy atom. The van der Waals surface area contributed by atoms with Crippen LogP contribution in [0.1, 0.15) is 41.4 Å². The number of aromatic nitrogens is 2. The Morgan fingerprint density at radius 2 is 1.29 bits per heavy atom. The lowest BCUT2D eigenvalue weighted by Gasteiger charge is -2.23. The number of imidazole rings is 1. The predicted octanol–water partition coefficient (Wildman–Crippen LogP) is 6.98. The van der Waals surface area contributed by atoms with Gasteiger partial charge < -0.3 is 4.57 Å².